The van der Waals surface area contributed by atoms with Crippen molar-refractivity contribution in [1.29, 1.82) is 0 Å². The van der Waals surface area contributed by atoms with Gasteiger partial charge in [0.25, 0.3) is 0 Å². The highest BCUT2D eigenvalue weighted by molar-refractivity contribution is 5.83. The van der Waals surface area contributed by atoms with Gasteiger partial charge in [-0.1, -0.05) is 0 Å². The van der Waals surface area contributed by atoms with Crippen LogP contribution < -0.4 is 15.5 Å². The molecule has 1 atom stereocenters. The average Bonchev–Trinajstić information content (AvgIpc) is 3.20. The minimum Gasteiger partial charge on any atom is -0.508 e. The second kappa shape index (κ2) is 7.40. The molecule has 0 aliphatic carbocycles. The van der Waals surface area contributed by atoms with Crippen molar-refractivity contribution < 1.29 is 9.84 Å². The number of ether oxygens (including phenoxy) is 1. The molecule has 9 heteroatoms. The van der Waals surface area contributed by atoms with E-state index in [4.69, 9.17) is 15.5 Å². The second-order valence-corrected chi connectivity index (χ2v) is 7.54. The summed E-state index contributed by atoms with van der Waals surface area (Å²) in [6.07, 6.45) is 4.91. The molecule has 5 rings (SSSR count). The molecule has 2 fully saturated rings. The van der Waals surface area contributed by atoms with Crippen molar-refractivity contribution in [3.05, 3.63) is 30.6 Å². The van der Waals surface area contributed by atoms with Crippen LogP contribution in [0.25, 0.3) is 11.2 Å². The van der Waals surface area contributed by atoms with E-state index in [0.29, 0.717) is 17.3 Å². The standard InChI is InChI=1S/C20H25N7O2/c21-18-17-19(27(13-22-17)16-3-1-2-12-29-16)24-20(23-18)26-10-8-25(9-11-26)14-4-6-15(28)7-5-14/h4-7,13,16,28H,1-3,8-12H2,(H2,21,23,24). The summed E-state index contributed by atoms with van der Waals surface area (Å²) < 4.78 is 7.90. The third kappa shape index (κ3) is 3.42. The van der Waals surface area contributed by atoms with Crippen LogP contribution in [0.1, 0.15) is 25.5 Å². The summed E-state index contributed by atoms with van der Waals surface area (Å²) >= 11 is 0. The highest BCUT2D eigenvalue weighted by atomic mass is 16.5. The number of phenolic OH excluding ortho intramolecular Hbond substituents is 1. The Balaban J connectivity index is 1.37. The molecule has 1 unspecified atom stereocenters. The average molecular weight is 395 g/mol. The third-order valence-electron chi connectivity index (χ3n) is 5.68. The number of nitrogens with two attached hydrogens (primary N) is 1. The molecule has 1 aromatic carbocycles. The number of nitrogens with zero attached hydrogens (tertiary/aromatic N) is 6. The van der Waals surface area contributed by atoms with Crippen LogP contribution in [-0.2, 0) is 4.74 Å². The van der Waals surface area contributed by atoms with Crippen LogP contribution in [0, 0.1) is 0 Å². The van der Waals surface area contributed by atoms with E-state index in [1.54, 1.807) is 18.5 Å². The zero-order valence-corrected chi connectivity index (χ0v) is 16.2. The maximum absolute atomic E-state index is 9.49. The number of fused-ring (bicyclic) bond motifs is 1. The van der Waals surface area contributed by atoms with Crippen molar-refractivity contribution in [3.63, 3.8) is 0 Å². The van der Waals surface area contributed by atoms with E-state index in [1.807, 2.05) is 16.7 Å². The van der Waals surface area contributed by atoms with Gasteiger partial charge >= 0.3 is 0 Å². The van der Waals surface area contributed by atoms with Crippen LogP contribution in [0.3, 0.4) is 0 Å². The second-order valence-electron chi connectivity index (χ2n) is 7.54. The number of hydrogen-bond acceptors (Lipinski definition) is 8. The fourth-order valence-corrected chi connectivity index (χ4v) is 4.05. The fourth-order valence-electron chi connectivity index (χ4n) is 4.05. The van der Waals surface area contributed by atoms with Crippen molar-refractivity contribution >= 4 is 28.6 Å². The van der Waals surface area contributed by atoms with Gasteiger partial charge in [-0.2, -0.15) is 9.97 Å². The molecule has 29 heavy (non-hydrogen) atoms. The molecule has 4 heterocycles. The van der Waals surface area contributed by atoms with Crippen molar-refractivity contribution in [2.24, 2.45) is 0 Å². The number of anilines is 3. The lowest BCUT2D eigenvalue weighted by Gasteiger charge is -2.36. The van der Waals surface area contributed by atoms with E-state index in [0.717, 1.165) is 63.4 Å². The van der Waals surface area contributed by atoms with Crippen LogP contribution >= 0.6 is 0 Å². The fraction of sp³-hybridized carbons (Fsp3) is 0.450. The summed E-state index contributed by atoms with van der Waals surface area (Å²) in [7, 11) is 0. The Morgan fingerprint density at radius 2 is 1.76 bits per heavy atom. The predicted octanol–water partition coefficient (Wildman–Crippen LogP) is 2.14. The molecule has 3 aromatic rings. The zero-order chi connectivity index (χ0) is 19.8. The molecule has 3 N–H and O–H groups in total. The van der Waals surface area contributed by atoms with E-state index in [9.17, 15) is 5.11 Å². The highest BCUT2D eigenvalue weighted by Crippen LogP contribution is 2.29. The number of hydrogen-bond donors (Lipinski definition) is 2. The van der Waals surface area contributed by atoms with Gasteiger partial charge < -0.3 is 25.4 Å². The number of imidazole rings is 1. The van der Waals surface area contributed by atoms with Crippen molar-refractivity contribution in [2.75, 3.05) is 48.3 Å². The maximum Gasteiger partial charge on any atom is 0.229 e. The van der Waals surface area contributed by atoms with Gasteiger partial charge in [0.1, 0.15) is 17.5 Å². The number of nitrogen functional groups attached to an aromatic ring is 1. The lowest BCUT2D eigenvalue weighted by molar-refractivity contribution is -0.0298. The molecule has 2 aromatic heterocycles. The number of piperazine rings is 1. The summed E-state index contributed by atoms with van der Waals surface area (Å²) in [6, 6.07) is 7.31. The van der Waals surface area contributed by atoms with Gasteiger partial charge in [0.05, 0.1) is 6.33 Å². The third-order valence-corrected chi connectivity index (χ3v) is 5.68. The summed E-state index contributed by atoms with van der Waals surface area (Å²) in [5.41, 5.74) is 8.68. The Kier molecular flexibility index (Phi) is 4.59. The predicted molar refractivity (Wildman–Crippen MR) is 111 cm³/mol. The molecule has 0 amide bonds. The molecule has 152 valence electrons. The first-order valence-corrected chi connectivity index (χ1v) is 10.1. The Morgan fingerprint density at radius 3 is 2.48 bits per heavy atom. The summed E-state index contributed by atoms with van der Waals surface area (Å²) in [6.45, 7) is 4.03. The molecule has 0 saturated carbocycles. The van der Waals surface area contributed by atoms with Crippen LogP contribution in [0.15, 0.2) is 30.6 Å². The van der Waals surface area contributed by atoms with Gasteiger partial charge in [-0.3, -0.25) is 4.57 Å². The molecule has 0 spiro atoms. The quantitative estimate of drug-likeness (QED) is 0.695. The number of aromatic nitrogens is 4. The summed E-state index contributed by atoms with van der Waals surface area (Å²) in [5, 5.41) is 9.49. The molecule has 0 radical (unpaired) electrons. The first kappa shape index (κ1) is 18.0. The Morgan fingerprint density at radius 1 is 1.00 bits per heavy atom. The van der Waals surface area contributed by atoms with Crippen LogP contribution in [0.2, 0.25) is 0 Å². The lowest BCUT2D eigenvalue weighted by atomic mass is 10.2. The lowest BCUT2D eigenvalue weighted by Crippen LogP contribution is -2.47. The van der Waals surface area contributed by atoms with E-state index >= 15 is 0 Å². The molecule has 2 aliphatic heterocycles. The molecule has 9 nitrogen and oxygen atoms in total. The van der Waals surface area contributed by atoms with Gasteiger partial charge in [0, 0.05) is 38.5 Å². The Hall–Kier alpha value is -3.07. The van der Waals surface area contributed by atoms with Crippen LogP contribution in [0.5, 0.6) is 5.75 Å². The van der Waals surface area contributed by atoms with Crippen molar-refractivity contribution in [2.45, 2.75) is 25.5 Å². The zero-order valence-electron chi connectivity index (χ0n) is 16.2. The minimum absolute atomic E-state index is 0.0396. The maximum atomic E-state index is 9.49. The highest BCUT2D eigenvalue weighted by Gasteiger charge is 2.24. The van der Waals surface area contributed by atoms with Gasteiger partial charge in [-0.15, -0.1) is 0 Å². The number of aromatic hydroxyl groups is 1. The molecule has 0 bridgehead atoms. The normalized spacial score (nSPS) is 20.3. The molecular weight excluding hydrogens is 370 g/mol. The van der Waals surface area contributed by atoms with Gasteiger partial charge in [-0.25, -0.2) is 4.98 Å². The van der Waals surface area contributed by atoms with Crippen molar-refractivity contribution in [3.8, 4) is 5.75 Å². The van der Waals surface area contributed by atoms with E-state index in [-0.39, 0.29) is 12.0 Å². The molecule has 2 saturated heterocycles. The van der Waals surface area contributed by atoms with Crippen molar-refractivity contribution in [1.82, 2.24) is 19.5 Å². The summed E-state index contributed by atoms with van der Waals surface area (Å²) in [4.78, 5) is 18.2. The topological polar surface area (TPSA) is 106 Å². The Labute approximate surface area is 168 Å². The van der Waals surface area contributed by atoms with Gasteiger partial charge in [0.2, 0.25) is 5.95 Å². The number of phenols is 1. The molecular formula is C20H25N7O2. The van der Waals surface area contributed by atoms with Gasteiger partial charge in [0.15, 0.2) is 11.5 Å². The number of rotatable bonds is 3. The first-order valence-electron chi connectivity index (χ1n) is 10.1. The number of benzene rings is 1. The smallest absolute Gasteiger partial charge is 0.229 e. The van der Waals surface area contributed by atoms with Crippen LogP contribution in [-0.4, -0.2) is 57.4 Å². The molecule has 2 aliphatic rings. The monoisotopic (exact) mass is 395 g/mol. The minimum atomic E-state index is -0.0396. The SMILES string of the molecule is Nc1nc(N2CCN(c3ccc(O)cc3)CC2)nc2c1ncn2C1CCCCO1. The van der Waals surface area contributed by atoms with E-state index < -0.39 is 0 Å². The summed E-state index contributed by atoms with van der Waals surface area (Å²) in [5.74, 6) is 1.32. The van der Waals surface area contributed by atoms with Gasteiger partial charge in [-0.05, 0) is 43.5 Å². The van der Waals surface area contributed by atoms with E-state index in [2.05, 4.69) is 19.8 Å². The van der Waals surface area contributed by atoms with Crippen LogP contribution in [0.4, 0.5) is 17.5 Å². The largest absolute Gasteiger partial charge is 0.508 e. The first-order chi connectivity index (χ1) is 14.2. The van der Waals surface area contributed by atoms with E-state index in [1.165, 1.54) is 0 Å². The Bertz CT molecular complexity index is 990.